The molecule has 6 nitrogen and oxygen atoms in total. The quantitative estimate of drug-likeness (QED) is 0.736. The van der Waals surface area contributed by atoms with Crippen LogP contribution in [0.2, 0.25) is 0 Å². The molecule has 3 atom stereocenters. The first-order valence-corrected chi connectivity index (χ1v) is 7.62. The molecule has 0 spiro atoms. The maximum Gasteiger partial charge on any atom is 0.257 e. The SMILES string of the molecule is CC1CN(c2cc3c(cc2Br)C(O)C(=O)N3)CC(CO)O1. The van der Waals surface area contributed by atoms with Gasteiger partial charge in [0.25, 0.3) is 5.91 Å². The number of amides is 1. The number of carbonyl (C=O) groups is 1. The molecule has 7 heteroatoms. The number of nitrogens with one attached hydrogen (secondary N) is 1. The number of fused-ring (bicyclic) bond motifs is 1. The lowest BCUT2D eigenvalue weighted by Gasteiger charge is -2.38. The number of carbonyl (C=O) groups excluding carboxylic acids is 1. The van der Waals surface area contributed by atoms with Crippen molar-refractivity contribution in [2.24, 2.45) is 0 Å². The summed E-state index contributed by atoms with van der Waals surface area (Å²) >= 11 is 3.50. The molecule has 2 aliphatic rings. The van der Waals surface area contributed by atoms with E-state index < -0.39 is 12.0 Å². The number of halogens is 1. The molecule has 1 amide bonds. The summed E-state index contributed by atoms with van der Waals surface area (Å²) in [6.07, 6.45) is -1.33. The van der Waals surface area contributed by atoms with Crippen molar-refractivity contribution in [1.82, 2.24) is 0 Å². The zero-order valence-electron chi connectivity index (χ0n) is 11.5. The van der Waals surface area contributed by atoms with Gasteiger partial charge in [0.05, 0.1) is 24.5 Å². The number of rotatable bonds is 2. The number of aliphatic hydroxyl groups is 2. The first-order chi connectivity index (χ1) is 9.99. The third kappa shape index (κ3) is 2.66. The van der Waals surface area contributed by atoms with E-state index in [-0.39, 0.29) is 18.8 Å². The minimum absolute atomic E-state index is 0.0104. The summed E-state index contributed by atoms with van der Waals surface area (Å²) in [6, 6.07) is 3.61. The van der Waals surface area contributed by atoms with E-state index in [0.717, 1.165) is 10.2 Å². The number of anilines is 2. The first kappa shape index (κ1) is 14.8. The predicted molar refractivity (Wildman–Crippen MR) is 81.4 cm³/mol. The minimum Gasteiger partial charge on any atom is -0.394 e. The van der Waals surface area contributed by atoms with Crippen LogP contribution in [-0.4, -0.2) is 48.0 Å². The van der Waals surface area contributed by atoms with Gasteiger partial charge >= 0.3 is 0 Å². The Morgan fingerprint density at radius 2 is 2.24 bits per heavy atom. The largest absolute Gasteiger partial charge is 0.394 e. The molecule has 3 N–H and O–H groups in total. The maximum atomic E-state index is 11.5. The van der Waals surface area contributed by atoms with Gasteiger partial charge in [-0.3, -0.25) is 4.79 Å². The number of benzene rings is 1. The Kier molecular flexibility index (Phi) is 3.92. The molecule has 1 saturated heterocycles. The Labute approximate surface area is 130 Å². The van der Waals surface area contributed by atoms with Crippen molar-refractivity contribution in [2.45, 2.75) is 25.2 Å². The van der Waals surface area contributed by atoms with Gasteiger partial charge in [-0.15, -0.1) is 0 Å². The zero-order valence-corrected chi connectivity index (χ0v) is 13.1. The third-order valence-electron chi connectivity index (χ3n) is 3.79. The highest BCUT2D eigenvalue weighted by molar-refractivity contribution is 9.10. The van der Waals surface area contributed by atoms with E-state index in [9.17, 15) is 15.0 Å². The molecule has 0 saturated carbocycles. The summed E-state index contributed by atoms with van der Waals surface area (Å²) in [6.45, 7) is 3.21. The van der Waals surface area contributed by atoms with Crippen LogP contribution in [0.1, 0.15) is 18.6 Å². The van der Waals surface area contributed by atoms with Gasteiger partial charge in [-0.25, -0.2) is 0 Å². The van der Waals surface area contributed by atoms with Crippen molar-refractivity contribution in [2.75, 3.05) is 29.9 Å². The Balaban J connectivity index is 1.93. The van der Waals surface area contributed by atoms with Crippen LogP contribution < -0.4 is 10.2 Å². The highest BCUT2D eigenvalue weighted by atomic mass is 79.9. The van der Waals surface area contributed by atoms with E-state index in [2.05, 4.69) is 26.1 Å². The molecular weight excluding hydrogens is 340 g/mol. The van der Waals surface area contributed by atoms with E-state index in [1.54, 1.807) is 6.07 Å². The lowest BCUT2D eigenvalue weighted by atomic mass is 10.1. The number of hydrogen-bond acceptors (Lipinski definition) is 5. The summed E-state index contributed by atoms with van der Waals surface area (Å²) in [7, 11) is 0. The molecule has 0 aromatic heterocycles. The van der Waals surface area contributed by atoms with Crippen LogP contribution in [0.15, 0.2) is 16.6 Å². The van der Waals surface area contributed by atoms with Crippen molar-refractivity contribution in [3.05, 3.63) is 22.2 Å². The maximum absolute atomic E-state index is 11.5. The molecule has 114 valence electrons. The van der Waals surface area contributed by atoms with Crippen LogP contribution >= 0.6 is 15.9 Å². The summed E-state index contributed by atoms with van der Waals surface area (Å²) in [5.74, 6) is -0.405. The van der Waals surface area contributed by atoms with Crippen LogP contribution in [0.4, 0.5) is 11.4 Å². The lowest BCUT2D eigenvalue weighted by Crippen LogP contribution is -2.48. The van der Waals surface area contributed by atoms with Crippen LogP contribution in [0.25, 0.3) is 0 Å². The minimum atomic E-state index is -1.11. The Morgan fingerprint density at radius 1 is 1.48 bits per heavy atom. The monoisotopic (exact) mass is 356 g/mol. The predicted octanol–water partition coefficient (Wildman–Crippen LogP) is 1.02. The Hall–Kier alpha value is -1.15. The summed E-state index contributed by atoms with van der Waals surface area (Å²) in [4.78, 5) is 13.6. The second-order valence-corrected chi connectivity index (χ2v) is 6.29. The lowest BCUT2D eigenvalue weighted by molar-refractivity contribution is -0.123. The molecule has 3 unspecified atom stereocenters. The summed E-state index contributed by atoms with van der Waals surface area (Å²) in [5.41, 5.74) is 2.12. The zero-order chi connectivity index (χ0) is 15.1. The van der Waals surface area contributed by atoms with Crippen molar-refractivity contribution in [1.29, 1.82) is 0 Å². The van der Waals surface area contributed by atoms with E-state index >= 15 is 0 Å². The van der Waals surface area contributed by atoms with Gasteiger partial charge in [-0.1, -0.05) is 0 Å². The fourth-order valence-corrected chi connectivity index (χ4v) is 3.45. The fraction of sp³-hybridized carbons (Fsp3) is 0.500. The van der Waals surface area contributed by atoms with Crippen molar-refractivity contribution >= 4 is 33.2 Å². The molecule has 21 heavy (non-hydrogen) atoms. The molecule has 0 radical (unpaired) electrons. The van der Waals surface area contributed by atoms with Gasteiger partial charge in [0.2, 0.25) is 0 Å². The average Bonchev–Trinajstić information content (AvgIpc) is 2.72. The second-order valence-electron chi connectivity index (χ2n) is 5.44. The average molecular weight is 357 g/mol. The molecular formula is C14H17BrN2O4. The molecule has 2 aliphatic heterocycles. The van der Waals surface area contributed by atoms with E-state index in [4.69, 9.17) is 4.74 Å². The molecule has 2 heterocycles. The molecule has 1 aromatic carbocycles. The number of nitrogens with zero attached hydrogens (tertiary/aromatic N) is 1. The standard InChI is InChI=1S/C14H17BrN2O4/c1-7-4-17(5-8(6-18)21-7)12-3-11-9(2-10(12)15)13(19)14(20)16-11/h2-3,7-8,13,18-19H,4-6H2,1H3,(H,16,20). The van der Waals surface area contributed by atoms with Crippen LogP contribution in [-0.2, 0) is 9.53 Å². The van der Waals surface area contributed by atoms with E-state index in [1.807, 2.05) is 13.0 Å². The molecule has 0 bridgehead atoms. The summed E-state index contributed by atoms with van der Waals surface area (Å²) < 4.78 is 6.45. The fourth-order valence-electron chi connectivity index (χ4n) is 2.84. The highest BCUT2D eigenvalue weighted by Gasteiger charge is 2.32. The van der Waals surface area contributed by atoms with Crippen LogP contribution in [0, 0.1) is 0 Å². The number of hydrogen-bond donors (Lipinski definition) is 3. The van der Waals surface area contributed by atoms with Gasteiger partial charge in [0.15, 0.2) is 6.10 Å². The molecule has 1 fully saturated rings. The van der Waals surface area contributed by atoms with Crippen LogP contribution in [0.3, 0.4) is 0 Å². The number of morpholine rings is 1. The highest BCUT2D eigenvalue weighted by Crippen LogP contribution is 2.39. The van der Waals surface area contributed by atoms with Crippen molar-refractivity contribution in [3.63, 3.8) is 0 Å². The van der Waals surface area contributed by atoms with E-state index in [0.29, 0.717) is 24.3 Å². The van der Waals surface area contributed by atoms with Gasteiger partial charge in [0.1, 0.15) is 0 Å². The van der Waals surface area contributed by atoms with E-state index in [1.165, 1.54) is 0 Å². The first-order valence-electron chi connectivity index (χ1n) is 6.83. The van der Waals surface area contributed by atoms with Crippen molar-refractivity contribution in [3.8, 4) is 0 Å². The van der Waals surface area contributed by atoms with Gasteiger partial charge in [-0.05, 0) is 35.0 Å². The normalized spacial score (nSPS) is 28.5. The number of ether oxygens (including phenoxy) is 1. The van der Waals surface area contributed by atoms with Gasteiger partial charge in [-0.2, -0.15) is 0 Å². The Bertz CT molecular complexity index is 580. The van der Waals surface area contributed by atoms with Gasteiger partial charge < -0.3 is 25.2 Å². The second kappa shape index (κ2) is 5.57. The summed E-state index contributed by atoms with van der Waals surface area (Å²) in [5, 5.41) is 21.8. The molecule has 1 aromatic rings. The van der Waals surface area contributed by atoms with Crippen LogP contribution in [0.5, 0.6) is 0 Å². The molecule has 0 aliphatic carbocycles. The third-order valence-corrected chi connectivity index (χ3v) is 4.43. The molecule has 3 rings (SSSR count). The topological polar surface area (TPSA) is 82.0 Å². The van der Waals surface area contributed by atoms with Crippen molar-refractivity contribution < 1.29 is 19.7 Å². The van der Waals surface area contributed by atoms with Gasteiger partial charge in [0, 0.05) is 28.8 Å². The smallest absolute Gasteiger partial charge is 0.257 e. The number of aliphatic hydroxyl groups excluding tert-OH is 2. The Morgan fingerprint density at radius 3 is 2.95 bits per heavy atom.